The highest BCUT2D eigenvalue weighted by molar-refractivity contribution is 6.10. The lowest BCUT2D eigenvalue weighted by atomic mass is 10.1. The normalized spacial score (nSPS) is 11.0. The summed E-state index contributed by atoms with van der Waals surface area (Å²) in [6.45, 7) is 5.75. The number of methoxy groups -OCH3 is 1. The molecule has 2 aromatic carbocycles. The number of ether oxygens (including phenoxy) is 2. The SMILES string of the molecule is COc1ccc(C)c(-n2c(N)c(C(C)=O)c3nc(OCc4ccccc4)cnc32)c1C. The van der Waals surface area contributed by atoms with E-state index >= 15 is 0 Å². The zero-order valence-electron chi connectivity index (χ0n) is 18.0. The molecule has 4 rings (SSSR count). The number of nitrogen functional groups attached to an aromatic ring is 1. The number of ketones is 1. The number of aromatic nitrogens is 3. The Bertz CT molecular complexity index is 1280. The van der Waals surface area contributed by atoms with Crippen LogP contribution in [-0.4, -0.2) is 27.4 Å². The fraction of sp³-hybridized carbons (Fsp3) is 0.208. The second kappa shape index (κ2) is 8.10. The molecule has 31 heavy (non-hydrogen) atoms. The molecule has 0 saturated heterocycles. The summed E-state index contributed by atoms with van der Waals surface area (Å²) in [5, 5.41) is 0. The van der Waals surface area contributed by atoms with Crippen molar-refractivity contribution in [3.8, 4) is 17.3 Å². The first-order valence-electron chi connectivity index (χ1n) is 9.91. The van der Waals surface area contributed by atoms with Crippen molar-refractivity contribution in [2.75, 3.05) is 12.8 Å². The number of aryl methyl sites for hydroxylation is 1. The first-order valence-corrected chi connectivity index (χ1v) is 9.91. The van der Waals surface area contributed by atoms with E-state index in [2.05, 4.69) is 9.97 Å². The largest absolute Gasteiger partial charge is 0.496 e. The number of fused-ring (bicyclic) bond motifs is 1. The molecule has 0 saturated carbocycles. The van der Waals surface area contributed by atoms with Crippen molar-refractivity contribution in [3.63, 3.8) is 0 Å². The van der Waals surface area contributed by atoms with Gasteiger partial charge in [-0.2, -0.15) is 0 Å². The predicted molar refractivity (Wildman–Crippen MR) is 120 cm³/mol. The van der Waals surface area contributed by atoms with Gasteiger partial charge in [-0.3, -0.25) is 9.36 Å². The highest BCUT2D eigenvalue weighted by atomic mass is 16.5. The Balaban J connectivity index is 1.87. The number of hydrogen-bond donors (Lipinski definition) is 1. The molecule has 0 unspecified atom stereocenters. The minimum absolute atomic E-state index is 0.186. The molecule has 0 aliphatic rings. The van der Waals surface area contributed by atoms with Crippen LogP contribution in [0.3, 0.4) is 0 Å². The number of nitrogens with zero attached hydrogens (tertiary/aromatic N) is 3. The van der Waals surface area contributed by atoms with E-state index in [0.29, 0.717) is 35.0 Å². The van der Waals surface area contributed by atoms with Crippen LogP contribution >= 0.6 is 0 Å². The predicted octanol–water partition coefficient (Wildman–Crippen LogP) is 4.41. The van der Waals surface area contributed by atoms with Gasteiger partial charge in [0.15, 0.2) is 11.4 Å². The second-order valence-electron chi connectivity index (χ2n) is 7.36. The summed E-state index contributed by atoms with van der Waals surface area (Å²) < 4.78 is 13.1. The Kier molecular flexibility index (Phi) is 5.33. The van der Waals surface area contributed by atoms with Crippen LogP contribution in [0.1, 0.15) is 34.0 Å². The van der Waals surface area contributed by atoms with Gasteiger partial charge in [0.1, 0.15) is 23.7 Å². The molecule has 0 fully saturated rings. The maximum absolute atomic E-state index is 12.5. The van der Waals surface area contributed by atoms with Gasteiger partial charge >= 0.3 is 0 Å². The van der Waals surface area contributed by atoms with Crippen LogP contribution in [0.15, 0.2) is 48.7 Å². The second-order valence-corrected chi connectivity index (χ2v) is 7.36. The number of benzene rings is 2. The standard InChI is InChI=1S/C24H24N4O3/c1-14-10-11-18(30-4)15(2)22(14)28-23(25)20(16(3)29)21-24(28)26-12-19(27-21)31-13-17-8-6-5-7-9-17/h5-12H,13,25H2,1-4H3. The third kappa shape index (κ3) is 3.59. The lowest BCUT2D eigenvalue weighted by Crippen LogP contribution is -2.07. The molecule has 0 bridgehead atoms. The summed E-state index contributed by atoms with van der Waals surface area (Å²) in [5.74, 6) is 1.16. The van der Waals surface area contributed by atoms with Crippen molar-refractivity contribution in [1.29, 1.82) is 0 Å². The van der Waals surface area contributed by atoms with E-state index in [0.717, 1.165) is 28.1 Å². The molecule has 0 spiro atoms. The molecule has 7 heteroatoms. The molecule has 4 aromatic rings. The molecule has 2 aromatic heterocycles. The Hall–Kier alpha value is -3.87. The van der Waals surface area contributed by atoms with E-state index in [-0.39, 0.29) is 5.78 Å². The van der Waals surface area contributed by atoms with E-state index in [1.54, 1.807) is 17.9 Å². The summed E-state index contributed by atoms with van der Waals surface area (Å²) in [5.41, 5.74) is 11.4. The van der Waals surface area contributed by atoms with Crippen molar-refractivity contribution in [2.24, 2.45) is 0 Å². The van der Waals surface area contributed by atoms with Gasteiger partial charge in [-0.05, 0) is 38.0 Å². The van der Waals surface area contributed by atoms with Crippen LogP contribution in [-0.2, 0) is 6.61 Å². The third-order valence-electron chi connectivity index (χ3n) is 5.28. The fourth-order valence-electron chi connectivity index (χ4n) is 3.80. The summed E-state index contributed by atoms with van der Waals surface area (Å²) in [7, 11) is 1.62. The van der Waals surface area contributed by atoms with Gasteiger partial charge < -0.3 is 15.2 Å². The molecular weight excluding hydrogens is 392 g/mol. The highest BCUT2D eigenvalue weighted by Gasteiger charge is 2.25. The van der Waals surface area contributed by atoms with Crippen molar-refractivity contribution in [3.05, 3.63) is 70.9 Å². The Morgan fingerprint density at radius 3 is 2.55 bits per heavy atom. The van der Waals surface area contributed by atoms with Crippen LogP contribution in [0.2, 0.25) is 0 Å². The molecule has 0 radical (unpaired) electrons. The quantitative estimate of drug-likeness (QED) is 0.468. The molecule has 2 heterocycles. The Morgan fingerprint density at radius 1 is 1.13 bits per heavy atom. The smallest absolute Gasteiger partial charge is 0.233 e. The van der Waals surface area contributed by atoms with E-state index in [4.69, 9.17) is 15.2 Å². The van der Waals surface area contributed by atoms with E-state index in [1.165, 1.54) is 6.92 Å². The van der Waals surface area contributed by atoms with E-state index in [9.17, 15) is 4.79 Å². The van der Waals surface area contributed by atoms with Crippen molar-refractivity contribution >= 4 is 22.8 Å². The molecule has 2 N–H and O–H groups in total. The Morgan fingerprint density at radius 2 is 1.87 bits per heavy atom. The van der Waals surface area contributed by atoms with Crippen molar-refractivity contribution in [1.82, 2.24) is 14.5 Å². The highest BCUT2D eigenvalue weighted by Crippen LogP contribution is 2.36. The fourth-order valence-corrected chi connectivity index (χ4v) is 3.80. The van der Waals surface area contributed by atoms with Crippen LogP contribution in [0, 0.1) is 13.8 Å². The van der Waals surface area contributed by atoms with E-state index in [1.807, 2.05) is 56.3 Å². The van der Waals surface area contributed by atoms with Crippen LogP contribution in [0.25, 0.3) is 16.9 Å². The van der Waals surface area contributed by atoms with Crippen LogP contribution in [0.4, 0.5) is 5.82 Å². The first-order chi connectivity index (χ1) is 14.9. The van der Waals surface area contributed by atoms with Crippen molar-refractivity contribution in [2.45, 2.75) is 27.4 Å². The molecule has 158 valence electrons. The van der Waals surface area contributed by atoms with Crippen LogP contribution in [0.5, 0.6) is 11.6 Å². The number of Topliss-reactive ketones (excluding diaryl/α,β-unsaturated/α-hetero) is 1. The van der Waals surface area contributed by atoms with Crippen molar-refractivity contribution < 1.29 is 14.3 Å². The van der Waals surface area contributed by atoms with Gasteiger partial charge in [-0.15, -0.1) is 0 Å². The molecular formula is C24H24N4O3. The zero-order chi connectivity index (χ0) is 22.1. The summed E-state index contributed by atoms with van der Waals surface area (Å²) >= 11 is 0. The summed E-state index contributed by atoms with van der Waals surface area (Å²) in [4.78, 5) is 21.6. The number of carbonyl (C=O) groups excluding carboxylic acids is 1. The first kappa shape index (κ1) is 20.4. The number of carbonyl (C=O) groups is 1. The molecule has 0 aliphatic carbocycles. The molecule has 0 atom stereocenters. The maximum atomic E-state index is 12.5. The molecule has 7 nitrogen and oxygen atoms in total. The minimum Gasteiger partial charge on any atom is -0.496 e. The monoisotopic (exact) mass is 416 g/mol. The summed E-state index contributed by atoms with van der Waals surface area (Å²) in [6, 6.07) is 13.6. The average molecular weight is 416 g/mol. The Labute approximate surface area is 180 Å². The van der Waals surface area contributed by atoms with Gasteiger partial charge in [-0.25, -0.2) is 9.97 Å². The molecule has 0 amide bonds. The zero-order valence-corrected chi connectivity index (χ0v) is 18.0. The minimum atomic E-state index is -0.186. The number of hydrogen-bond acceptors (Lipinski definition) is 6. The van der Waals surface area contributed by atoms with Crippen LogP contribution < -0.4 is 15.2 Å². The van der Waals surface area contributed by atoms with Gasteiger partial charge in [0.2, 0.25) is 5.88 Å². The number of anilines is 1. The average Bonchev–Trinajstić information content (AvgIpc) is 3.04. The number of rotatable bonds is 6. The van der Waals surface area contributed by atoms with Gasteiger partial charge in [0.25, 0.3) is 0 Å². The number of nitrogens with two attached hydrogens (primary N) is 1. The lowest BCUT2D eigenvalue weighted by molar-refractivity contribution is 0.102. The maximum Gasteiger partial charge on any atom is 0.233 e. The van der Waals surface area contributed by atoms with E-state index < -0.39 is 0 Å². The van der Waals surface area contributed by atoms with Gasteiger partial charge in [0, 0.05) is 5.56 Å². The van der Waals surface area contributed by atoms with Gasteiger partial charge in [-0.1, -0.05) is 36.4 Å². The third-order valence-corrected chi connectivity index (χ3v) is 5.28. The topological polar surface area (TPSA) is 92.3 Å². The summed E-state index contributed by atoms with van der Waals surface area (Å²) in [6.07, 6.45) is 1.55. The van der Waals surface area contributed by atoms with Gasteiger partial charge in [0.05, 0.1) is 24.6 Å². The lowest BCUT2D eigenvalue weighted by Gasteiger charge is -2.16. The molecule has 0 aliphatic heterocycles.